The number of imidazole rings is 1. The number of hydrogen-bond acceptors (Lipinski definition) is 0. The Balaban J connectivity index is 2.18. The first kappa shape index (κ1) is 40.2. The molecule has 0 atom stereocenters. The summed E-state index contributed by atoms with van der Waals surface area (Å²) in [6.45, 7) is 9.40. The van der Waals surface area contributed by atoms with Gasteiger partial charge in [-0.25, -0.2) is 9.13 Å². The van der Waals surface area contributed by atoms with Crippen LogP contribution in [0.15, 0.2) is 12.4 Å². The van der Waals surface area contributed by atoms with Crippen LogP contribution >= 0.6 is 0 Å². The maximum absolute atomic E-state index is 2.63. The largest absolute Gasteiger partial charge is 0.256 e. The van der Waals surface area contributed by atoms with Gasteiger partial charge in [-0.3, -0.25) is 0 Å². The molecule has 0 amide bonds. The molecule has 0 aromatic carbocycles. The molecule has 254 valence electrons. The van der Waals surface area contributed by atoms with E-state index in [2.05, 4.69) is 42.3 Å². The summed E-state index contributed by atoms with van der Waals surface area (Å²) in [7, 11) is 0. The van der Waals surface area contributed by atoms with Gasteiger partial charge in [0.05, 0.1) is 13.1 Å². The van der Waals surface area contributed by atoms with E-state index >= 15 is 0 Å². The van der Waals surface area contributed by atoms with E-state index in [0.717, 1.165) is 0 Å². The zero-order valence-electron chi connectivity index (χ0n) is 30.3. The van der Waals surface area contributed by atoms with Gasteiger partial charge in [-0.2, -0.15) is 0 Å². The fourth-order valence-corrected chi connectivity index (χ4v) is 6.86. The summed E-state index contributed by atoms with van der Waals surface area (Å²) < 4.78 is 5.25. The van der Waals surface area contributed by atoms with E-state index < -0.39 is 0 Å². The summed E-state index contributed by atoms with van der Waals surface area (Å²) in [5.74, 6) is 1.62. The lowest BCUT2D eigenvalue weighted by Crippen LogP contribution is -2.37. The minimum absolute atomic E-state index is 1.23. The van der Waals surface area contributed by atoms with Gasteiger partial charge in [-0.05, 0) is 32.1 Å². The van der Waals surface area contributed by atoms with Crippen molar-refractivity contribution in [1.29, 1.82) is 0 Å². The summed E-state index contributed by atoms with van der Waals surface area (Å²) >= 11 is 0. The number of hydrogen-bond donors (Lipinski definition) is 0. The number of unbranched alkanes of at least 4 members (excludes halogenated alkanes) is 29. The number of aryl methyl sites for hydroxylation is 2. The fourth-order valence-electron chi connectivity index (χ4n) is 6.86. The van der Waals surface area contributed by atoms with Gasteiger partial charge in [0, 0.05) is 6.42 Å². The van der Waals surface area contributed by atoms with Gasteiger partial charge in [0.15, 0.2) is 0 Å². The van der Waals surface area contributed by atoms with Crippen molar-refractivity contribution in [2.45, 2.75) is 246 Å². The van der Waals surface area contributed by atoms with Crippen LogP contribution in [-0.4, -0.2) is 4.57 Å². The molecular formula is C41H81N2+. The second-order valence-electron chi connectivity index (χ2n) is 14.1. The molecule has 2 nitrogen and oxygen atoms in total. The van der Waals surface area contributed by atoms with Crippen molar-refractivity contribution in [2.24, 2.45) is 0 Å². The SMILES string of the molecule is CCCCCCCCCCCCCCCCCC[n+]1ccn(CCCCCCC)c1CCCCCCCCCCCCC. The number of aromatic nitrogens is 2. The summed E-state index contributed by atoms with van der Waals surface area (Å²) in [6.07, 6.45) is 51.9. The highest BCUT2D eigenvalue weighted by Gasteiger charge is 2.16. The first-order valence-electron chi connectivity index (χ1n) is 20.4. The lowest BCUT2D eigenvalue weighted by molar-refractivity contribution is -0.704. The van der Waals surface area contributed by atoms with Crippen LogP contribution in [0.25, 0.3) is 0 Å². The van der Waals surface area contributed by atoms with Gasteiger partial charge in [-0.15, -0.1) is 0 Å². The van der Waals surface area contributed by atoms with Gasteiger partial charge in [0.25, 0.3) is 5.82 Å². The standard InChI is InChI=1S/C41H81N2/c1-4-7-10-13-15-17-19-20-21-22-23-25-27-29-32-35-38-43-40-39-42(37-34-31-12-9-6-3)41(43)36-33-30-28-26-24-18-16-14-11-8-5-2/h39-40H,4-38H2,1-3H3/q+1. The van der Waals surface area contributed by atoms with Gasteiger partial charge in [-0.1, -0.05) is 194 Å². The van der Waals surface area contributed by atoms with Crippen LogP contribution in [0.1, 0.15) is 232 Å². The predicted molar refractivity (Wildman–Crippen MR) is 193 cm³/mol. The Hall–Kier alpha value is -0.790. The Bertz CT molecular complexity index is 663. The van der Waals surface area contributed by atoms with Crippen LogP contribution in [0, 0.1) is 0 Å². The first-order valence-corrected chi connectivity index (χ1v) is 20.4. The van der Waals surface area contributed by atoms with Crippen LogP contribution in [0.3, 0.4) is 0 Å². The zero-order chi connectivity index (χ0) is 30.9. The molecular weight excluding hydrogens is 520 g/mol. The molecule has 0 bridgehead atoms. The van der Waals surface area contributed by atoms with E-state index in [-0.39, 0.29) is 0 Å². The van der Waals surface area contributed by atoms with Gasteiger partial charge in [0.2, 0.25) is 0 Å². The summed E-state index contributed by atoms with van der Waals surface area (Å²) in [4.78, 5) is 0. The van der Waals surface area contributed by atoms with Crippen LogP contribution in [0.2, 0.25) is 0 Å². The van der Waals surface area contributed by atoms with Gasteiger partial charge >= 0.3 is 0 Å². The molecule has 1 heterocycles. The van der Waals surface area contributed by atoms with Crippen LogP contribution in [0.4, 0.5) is 0 Å². The quantitative estimate of drug-likeness (QED) is 0.0540. The van der Waals surface area contributed by atoms with E-state index in [4.69, 9.17) is 0 Å². The molecule has 1 aromatic rings. The lowest BCUT2D eigenvalue weighted by atomic mass is 10.0. The molecule has 43 heavy (non-hydrogen) atoms. The fraction of sp³-hybridized carbons (Fsp3) is 0.927. The molecule has 1 rings (SSSR count). The van der Waals surface area contributed by atoms with Gasteiger partial charge in [0.1, 0.15) is 12.4 Å². The van der Waals surface area contributed by atoms with E-state index in [0.29, 0.717) is 0 Å². The van der Waals surface area contributed by atoms with Crippen molar-refractivity contribution in [3.05, 3.63) is 18.2 Å². The van der Waals surface area contributed by atoms with Crippen molar-refractivity contribution < 1.29 is 4.57 Å². The van der Waals surface area contributed by atoms with Gasteiger partial charge < -0.3 is 0 Å². The van der Waals surface area contributed by atoms with Crippen molar-refractivity contribution in [3.63, 3.8) is 0 Å². The third kappa shape index (κ3) is 25.1. The van der Waals surface area contributed by atoms with Crippen molar-refractivity contribution >= 4 is 0 Å². The molecule has 0 aliphatic rings. The zero-order valence-corrected chi connectivity index (χ0v) is 30.3. The van der Waals surface area contributed by atoms with Crippen LogP contribution in [0.5, 0.6) is 0 Å². The molecule has 0 aliphatic carbocycles. The maximum atomic E-state index is 2.63. The van der Waals surface area contributed by atoms with Crippen LogP contribution < -0.4 is 4.57 Å². The van der Waals surface area contributed by atoms with Crippen LogP contribution in [-0.2, 0) is 19.5 Å². The monoisotopic (exact) mass is 602 g/mol. The third-order valence-corrected chi connectivity index (χ3v) is 9.85. The molecule has 0 fully saturated rings. The van der Waals surface area contributed by atoms with E-state index in [1.54, 1.807) is 5.82 Å². The predicted octanol–water partition coefficient (Wildman–Crippen LogP) is 13.9. The molecule has 0 spiro atoms. The Morgan fingerprint density at radius 1 is 0.395 bits per heavy atom. The highest BCUT2D eigenvalue weighted by molar-refractivity contribution is 4.84. The molecule has 0 radical (unpaired) electrons. The average molecular weight is 602 g/mol. The molecule has 0 saturated heterocycles. The molecule has 0 aliphatic heterocycles. The lowest BCUT2D eigenvalue weighted by Gasteiger charge is -2.07. The highest BCUT2D eigenvalue weighted by atomic mass is 15.1. The third-order valence-electron chi connectivity index (χ3n) is 9.85. The second-order valence-corrected chi connectivity index (χ2v) is 14.1. The van der Waals surface area contributed by atoms with Crippen molar-refractivity contribution in [2.75, 3.05) is 0 Å². The normalized spacial score (nSPS) is 11.6. The summed E-state index contributed by atoms with van der Waals surface area (Å²) in [5, 5.41) is 0. The van der Waals surface area contributed by atoms with E-state index in [1.165, 1.54) is 225 Å². The molecule has 0 unspecified atom stereocenters. The van der Waals surface area contributed by atoms with Crippen molar-refractivity contribution in [3.8, 4) is 0 Å². The summed E-state index contributed by atoms with van der Waals surface area (Å²) in [5.41, 5.74) is 0. The first-order chi connectivity index (χ1) is 21.3. The van der Waals surface area contributed by atoms with Crippen molar-refractivity contribution in [1.82, 2.24) is 4.57 Å². The number of rotatable bonds is 35. The Kier molecular flexibility index (Phi) is 30.5. The van der Waals surface area contributed by atoms with E-state index in [1.807, 2.05) is 0 Å². The van der Waals surface area contributed by atoms with E-state index in [9.17, 15) is 0 Å². The Labute approximate surface area is 272 Å². The smallest absolute Gasteiger partial charge is 0.234 e. The second kappa shape index (κ2) is 32.6. The molecule has 0 saturated carbocycles. The minimum Gasteiger partial charge on any atom is -0.234 e. The average Bonchev–Trinajstić information content (AvgIpc) is 3.40. The Morgan fingerprint density at radius 2 is 0.721 bits per heavy atom. The minimum atomic E-state index is 1.23. The Morgan fingerprint density at radius 3 is 1.12 bits per heavy atom. The topological polar surface area (TPSA) is 8.81 Å². The highest BCUT2D eigenvalue weighted by Crippen LogP contribution is 2.15. The molecule has 1 aromatic heterocycles. The number of nitrogens with zero attached hydrogens (tertiary/aromatic N) is 2. The maximum Gasteiger partial charge on any atom is 0.256 e. The summed E-state index contributed by atoms with van der Waals surface area (Å²) in [6, 6.07) is 0. The molecule has 0 N–H and O–H groups in total. The molecule has 2 heteroatoms.